The van der Waals surface area contributed by atoms with Crippen LogP contribution in [0.1, 0.15) is 83.6 Å². The average molecular weight is 1330 g/mol. The molecule has 9 aromatic rings. The van der Waals surface area contributed by atoms with Gasteiger partial charge in [-0.3, -0.25) is 23.6 Å². The van der Waals surface area contributed by atoms with Gasteiger partial charge in [0.2, 0.25) is 31.6 Å². The van der Waals surface area contributed by atoms with Crippen LogP contribution in [0, 0.1) is 30.2 Å². The molecule has 0 bridgehead atoms. The second-order valence-electron chi connectivity index (χ2n) is 21.0. The van der Waals surface area contributed by atoms with Gasteiger partial charge in [0, 0.05) is 63.5 Å². The van der Waals surface area contributed by atoms with E-state index in [-0.39, 0.29) is 57.8 Å². The number of aliphatic hydroxyl groups is 2. The number of ketones is 2. The Morgan fingerprint density at radius 3 is 1.52 bits per heavy atom. The van der Waals surface area contributed by atoms with Crippen molar-refractivity contribution in [2.45, 2.75) is 70.4 Å². The molecule has 0 radical (unpaired) electrons. The predicted molar refractivity (Wildman–Crippen MR) is 340 cm³/mol. The highest BCUT2D eigenvalue weighted by molar-refractivity contribution is 7.93. The van der Waals surface area contributed by atoms with Crippen LogP contribution >= 0.6 is 0 Å². The lowest BCUT2D eigenvalue weighted by atomic mass is 10.00. The molecule has 1 aliphatic heterocycles. The van der Waals surface area contributed by atoms with Gasteiger partial charge in [-0.2, -0.15) is 8.42 Å². The molecule has 10 rings (SSSR count). The van der Waals surface area contributed by atoms with E-state index >= 15 is 8.78 Å². The fourth-order valence-corrected chi connectivity index (χ4v) is 11.8. The molecule has 29 heteroatoms. The second-order valence-corrected chi connectivity index (χ2v) is 26.1. The highest BCUT2D eigenvalue weighted by Crippen LogP contribution is 2.33. The van der Waals surface area contributed by atoms with E-state index in [0.29, 0.717) is 69.9 Å². The molecule has 5 aromatic carbocycles. The molecule has 0 aliphatic carbocycles. The van der Waals surface area contributed by atoms with Gasteiger partial charge in [0.25, 0.3) is 10.1 Å². The van der Waals surface area contributed by atoms with Crippen molar-refractivity contribution in [3.8, 4) is 33.8 Å². The Morgan fingerprint density at radius 1 is 0.681 bits per heavy atom. The van der Waals surface area contributed by atoms with Crippen LogP contribution < -0.4 is 18.9 Å². The number of carbonyl (C=O) groups is 2. The third-order valence-electron chi connectivity index (χ3n) is 13.5. The first-order chi connectivity index (χ1) is 42.6. The summed E-state index contributed by atoms with van der Waals surface area (Å²) in [5.41, 5.74) is 1.54. The van der Waals surface area contributed by atoms with E-state index in [1.165, 1.54) is 24.5 Å². The summed E-state index contributed by atoms with van der Waals surface area (Å²) in [6, 6.07) is 26.9. The maximum absolute atomic E-state index is 15.3. The first kappa shape index (κ1) is 69.8. The monoisotopic (exact) mass is 1330 g/mol. The molecule has 5 heterocycles. The van der Waals surface area contributed by atoms with Gasteiger partial charge in [-0.15, -0.1) is 0 Å². The Labute approximate surface area is 526 Å². The molecule has 0 amide bonds. The fraction of sp³-hybridized carbons (Fsp3) is 0.258. The Hall–Kier alpha value is -8.65. The minimum atomic E-state index is -4.02. The van der Waals surface area contributed by atoms with Gasteiger partial charge in [-0.1, -0.05) is 55.8 Å². The summed E-state index contributed by atoms with van der Waals surface area (Å²) in [6.45, 7) is 9.10. The SMILES string of the molecule is CCCS(=O)(=O)Nc1ccc(F)c(C(=O)c2c[nH]c3ncc(-c4ccc(OCC(O)CO)cc4)cc23)c1F.CCCS(=O)(=O)Nc1ccc(F)c(C(=O)c2c[nH]c3ncc(-c4ccc(OCC5COC(C)(C)O5)cc4)cc23)c1F.Cc1ccc(S(=O)(=O)O)cc1.O.[HH].[HH].[HH].[HH]. The van der Waals surface area contributed by atoms with E-state index in [0.717, 1.165) is 35.4 Å². The lowest BCUT2D eigenvalue weighted by molar-refractivity contribution is -0.141. The van der Waals surface area contributed by atoms with Crippen molar-refractivity contribution in [3.05, 3.63) is 185 Å². The first-order valence-corrected chi connectivity index (χ1v) is 32.5. The third kappa shape index (κ3) is 17.7. The van der Waals surface area contributed by atoms with Crippen LogP contribution in [0.3, 0.4) is 0 Å². The van der Waals surface area contributed by atoms with Crippen LogP contribution in [0.15, 0.2) is 139 Å². The van der Waals surface area contributed by atoms with Crippen LogP contribution in [-0.2, 0) is 39.6 Å². The number of sulfonamides is 2. The minimum Gasteiger partial charge on any atom is -0.491 e. The van der Waals surface area contributed by atoms with Gasteiger partial charge in [0.15, 0.2) is 17.4 Å². The van der Waals surface area contributed by atoms with Crippen LogP contribution in [0.4, 0.5) is 28.9 Å². The topological polar surface area (TPSA) is 347 Å². The quantitative estimate of drug-likeness (QED) is 0.0188. The summed E-state index contributed by atoms with van der Waals surface area (Å²) in [4.78, 5) is 40.9. The molecule has 2 unspecified atom stereocenters. The zero-order valence-electron chi connectivity index (χ0n) is 49.4. The van der Waals surface area contributed by atoms with Gasteiger partial charge in [0.05, 0.1) is 52.1 Å². The third-order valence-corrected chi connectivity index (χ3v) is 17.3. The number of nitrogens with one attached hydrogen (secondary N) is 4. The highest BCUT2D eigenvalue weighted by atomic mass is 32.2. The highest BCUT2D eigenvalue weighted by Gasteiger charge is 2.33. The number of nitrogens with zero attached hydrogens (tertiary/aromatic N) is 2. The van der Waals surface area contributed by atoms with Crippen LogP contribution in [0.2, 0.25) is 0 Å². The Bertz CT molecular complexity index is 4450. The zero-order chi connectivity index (χ0) is 65.3. The molecular weight excluding hydrogens is 1260 g/mol. The summed E-state index contributed by atoms with van der Waals surface area (Å²) < 4.78 is 165. The van der Waals surface area contributed by atoms with E-state index in [1.807, 2.05) is 32.9 Å². The normalized spacial score (nSPS) is 14.1. The molecule has 492 valence electrons. The molecule has 1 aliphatic rings. The number of carbonyl (C=O) groups excluding carboxylic acids is 2. The first-order valence-electron chi connectivity index (χ1n) is 27.7. The summed E-state index contributed by atoms with van der Waals surface area (Å²) in [6.07, 6.45) is 5.20. The molecule has 9 N–H and O–H groups in total. The Balaban J connectivity index is 0.000000408. The molecule has 2 atom stereocenters. The number of pyridine rings is 2. The second kappa shape index (κ2) is 29.5. The van der Waals surface area contributed by atoms with E-state index in [4.69, 9.17) is 28.6 Å². The number of aromatic amines is 2. The Morgan fingerprint density at radius 2 is 1.12 bits per heavy atom. The number of anilines is 2. The lowest BCUT2D eigenvalue weighted by Gasteiger charge is -2.17. The number of fused-ring (bicyclic) bond motifs is 2. The minimum absolute atomic E-state index is 0. The van der Waals surface area contributed by atoms with Crippen LogP contribution in [-0.4, -0.2) is 133 Å². The molecule has 1 fully saturated rings. The van der Waals surface area contributed by atoms with Crippen molar-refractivity contribution in [1.29, 1.82) is 0 Å². The van der Waals surface area contributed by atoms with Gasteiger partial charge in [-0.05, 0) is 118 Å². The molecule has 0 spiro atoms. The predicted octanol–water partition coefficient (Wildman–Crippen LogP) is 10.4. The van der Waals surface area contributed by atoms with Crippen LogP contribution in [0.5, 0.6) is 11.5 Å². The van der Waals surface area contributed by atoms with Crippen molar-refractivity contribution < 1.29 is 97.3 Å². The number of H-pyrrole nitrogens is 2. The van der Waals surface area contributed by atoms with E-state index < -0.39 is 106 Å². The van der Waals surface area contributed by atoms with Gasteiger partial charge in [-0.25, -0.2) is 44.4 Å². The average Bonchev–Trinajstić information content (AvgIpc) is 1.74. The maximum Gasteiger partial charge on any atom is 0.294 e. The van der Waals surface area contributed by atoms with Crippen molar-refractivity contribution in [3.63, 3.8) is 0 Å². The number of rotatable bonds is 22. The van der Waals surface area contributed by atoms with E-state index in [9.17, 15) is 48.7 Å². The summed E-state index contributed by atoms with van der Waals surface area (Å²) >= 11 is 0. The summed E-state index contributed by atoms with van der Waals surface area (Å²) in [5, 5.41) is 19.0. The van der Waals surface area contributed by atoms with Gasteiger partial charge < -0.3 is 44.6 Å². The van der Waals surface area contributed by atoms with Gasteiger partial charge in [0.1, 0.15) is 59.8 Å². The molecule has 1 saturated heterocycles. The largest absolute Gasteiger partial charge is 0.491 e. The van der Waals surface area contributed by atoms with E-state index in [1.54, 1.807) is 86.9 Å². The number of benzene rings is 5. The van der Waals surface area contributed by atoms with Crippen molar-refractivity contribution in [1.82, 2.24) is 19.9 Å². The lowest BCUT2D eigenvalue weighted by Crippen LogP contribution is -2.25. The number of aryl methyl sites for hydroxylation is 1. The molecule has 0 saturated carbocycles. The van der Waals surface area contributed by atoms with Gasteiger partial charge >= 0.3 is 0 Å². The number of hydrogen-bond donors (Lipinski definition) is 7. The smallest absolute Gasteiger partial charge is 0.294 e. The molecular formula is C62H72F4N6O16S3. The van der Waals surface area contributed by atoms with Crippen LogP contribution in [0.25, 0.3) is 44.3 Å². The Kier molecular flexibility index (Phi) is 22.7. The van der Waals surface area contributed by atoms with Crippen molar-refractivity contribution in [2.75, 3.05) is 47.4 Å². The molecule has 91 heavy (non-hydrogen) atoms. The van der Waals surface area contributed by atoms with E-state index in [2.05, 4.69) is 29.4 Å². The number of hydrogen-bond acceptors (Lipinski definition) is 16. The zero-order valence-corrected chi connectivity index (χ0v) is 51.8. The number of halogens is 4. The number of aliphatic hydroxyl groups excluding tert-OH is 2. The standard InChI is InChI=1S/C29H29F2N3O6S.C26H25F2N3O6S.C7H8O3S.H2O.4H2/c1-4-11-41(36,37)34-24-10-9-23(30)25(26(24)31)27(35)22-14-33-28-21(22)12-18(13-32-28)17-5-7-19(8-6-17)38-15-20-16-39-29(2,3)40-20;1-2-9-38(35,36)31-22-8-7-21(27)23(24(22)28)25(34)20-12-30-26-19(20)10-16(11-29-26)15-3-5-18(6-4-15)37-14-17(33)13-32;1-6-2-4-7(5-3-6)11(8,9)10;;;;;/h5-10,12-14,20,34H,4,11,15-16H2,1-3H3,(H,32,33);3-8,10-12,17,31-33H,2,9,13-14H2,1H3,(H,29,30);2-5H,1H3,(H,8,9,10);1H2;4*1H. The fourth-order valence-electron chi connectivity index (χ4n) is 9.10. The maximum atomic E-state index is 15.3. The number of ether oxygens (including phenoxy) is 4. The molecule has 4 aromatic heterocycles. The van der Waals surface area contributed by atoms with Crippen molar-refractivity contribution in [2.24, 2.45) is 0 Å². The summed E-state index contributed by atoms with van der Waals surface area (Å²) in [5.74, 6) is -6.82. The summed E-state index contributed by atoms with van der Waals surface area (Å²) in [7, 11) is -11.8. The van der Waals surface area contributed by atoms with Crippen molar-refractivity contribution >= 4 is 75.2 Å². The molecule has 22 nitrogen and oxygen atoms in total. The number of aromatic nitrogens is 4.